The van der Waals surface area contributed by atoms with Gasteiger partial charge in [0.15, 0.2) is 0 Å². The van der Waals surface area contributed by atoms with Gasteiger partial charge >= 0.3 is 0 Å². The minimum Gasteiger partial charge on any atom is -0.349 e. The van der Waals surface area contributed by atoms with E-state index in [4.69, 9.17) is 17.3 Å². The monoisotopic (exact) mass is 302 g/mol. The summed E-state index contributed by atoms with van der Waals surface area (Å²) in [7, 11) is 0. The van der Waals surface area contributed by atoms with Crippen LogP contribution in [0, 0.1) is 0 Å². The summed E-state index contributed by atoms with van der Waals surface area (Å²) in [4.78, 5) is 4.45. The van der Waals surface area contributed by atoms with E-state index >= 15 is 0 Å². The molecule has 102 valence electrons. The Morgan fingerprint density at radius 2 is 1.95 bits per heavy atom. The zero-order chi connectivity index (χ0) is 13.9. The summed E-state index contributed by atoms with van der Waals surface area (Å²) in [6.07, 6.45) is 0.858. The van der Waals surface area contributed by atoms with Gasteiger partial charge in [-0.2, -0.15) is 0 Å². The molecule has 0 bridgehead atoms. The van der Waals surface area contributed by atoms with Crippen molar-refractivity contribution in [2.24, 2.45) is 5.73 Å². The Hall–Kier alpha value is -1.42. The van der Waals surface area contributed by atoms with Crippen LogP contribution in [0.2, 0.25) is 5.02 Å². The Kier molecular flexibility index (Phi) is 4.01. The fourth-order valence-corrected chi connectivity index (χ4v) is 3.36. The van der Waals surface area contributed by atoms with Crippen LogP contribution in [-0.4, -0.2) is 11.5 Å². The van der Waals surface area contributed by atoms with Gasteiger partial charge in [-0.15, -0.1) is 0 Å². The maximum Gasteiger partial charge on any atom is 0.0781 e. The molecule has 4 heteroatoms. The molecule has 3 N–H and O–H groups in total. The maximum absolute atomic E-state index is 6.34. The minimum atomic E-state index is 0.644. The largest absolute Gasteiger partial charge is 0.349 e. The van der Waals surface area contributed by atoms with Crippen LogP contribution < -0.4 is 5.73 Å². The van der Waals surface area contributed by atoms with Gasteiger partial charge in [-0.3, -0.25) is 0 Å². The molecule has 0 spiro atoms. The molecule has 0 atom stereocenters. The van der Waals surface area contributed by atoms with Crippen molar-refractivity contribution in [1.29, 1.82) is 0 Å². The molecule has 1 aromatic heterocycles. The van der Waals surface area contributed by atoms with E-state index in [-0.39, 0.29) is 0 Å². The van der Waals surface area contributed by atoms with Crippen LogP contribution in [0.25, 0.3) is 10.9 Å². The Morgan fingerprint density at radius 3 is 2.70 bits per heavy atom. The van der Waals surface area contributed by atoms with Crippen molar-refractivity contribution in [3.8, 4) is 0 Å². The molecule has 3 rings (SSSR count). The summed E-state index contributed by atoms with van der Waals surface area (Å²) in [6.45, 7) is 0.644. The standard InChI is InChI=1S/C16H15ClN2S/c17-13-9-11(7-8-18)5-6-15(13)20-16-10-12-3-1-2-4-14(12)19-16/h1-6,9-10,19H,7-8,18H2. The summed E-state index contributed by atoms with van der Waals surface area (Å²) in [5.41, 5.74) is 7.89. The van der Waals surface area contributed by atoms with Gasteiger partial charge in [0.25, 0.3) is 0 Å². The van der Waals surface area contributed by atoms with Crippen molar-refractivity contribution in [1.82, 2.24) is 4.98 Å². The van der Waals surface area contributed by atoms with E-state index in [2.05, 4.69) is 35.3 Å². The number of H-pyrrole nitrogens is 1. The van der Waals surface area contributed by atoms with E-state index in [1.807, 2.05) is 18.2 Å². The van der Waals surface area contributed by atoms with E-state index in [1.54, 1.807) is 11.8 Å². The van der Waals surface area contributed by atoms with E-state index in [1.165, 1.54) is 10.9 Å². The van der Waals surface area contributed by atoms with Crippen molar-refractivity contribution in [3.63, 3.8) is 0 Å². The van der Waals surface area contributed by atoms with E-state index in [0.29, 0.717) is 6.54 Å². The molecule has 20 heavy (non-hydrogen) atoms. The highest BCUT2D eigenvalue weighted by atomic mass is 35.5. The number of hydrogen-bond acceptors (Lipinski definition) is 2. The van der Waals surface area contributed by atoms with Crippen LogP contribution in [0.3, 0.4) is 0 Å². The van der Waals surface area contributed by atoms with Crippen molar-refractivity contribution >= 4 is 34.3 Å². The predicted molar refractivity (Wildman–Crippen MR) is 86.6 cm³/mol. The first-order valence-electron chi connectivity index (χ1n) is 6.50. The number of hydrogen-bond donors (Lipinski definition) is 2. The Balaban J connectivity index is 1.86. The number of nitrogens with one attached hydrogen (secondary N) is 1. The zero-order valence-electron chi connectivity index (χ0n) is 10.9. The molecule has 0 saturated carbocycles. The van der Waals surface area contributed by atoms with E-state index in [0.717, 1.165) is 26.9 Å². The third kappa shape index (κ3) is 2.85. The third-order valence-corrected chi connectivity index (χ3v) is 4.59. The summed E-state index contributed by atoms with van der Waals surface area (Å²) in [5.74, 6) is 0. The SMILES string of the molecule is NCCc1ccc(Sc2cc3ccccc3[nH]2)c(Cl)c1. The lowest BCUT2D eigenvalue weighted by atomic mass is 10.1. The summed E-state index contributed by atoms with van der Waals surface area (Å²) >= 11 is 7.99. The quantitative estimate of drug-likeness (QED) is 0.746. The van der Waals surface area contributed by atoms with Crippen LogP contribution in [0.5, 0.6) is 0 Å². The molecular formula is C16H15ClN2S. The molecule has 0 aliphatic carbocycles. The molecule has 0 amide bonds. The number of nitrogens with two attached hydrogens (primary N) is 1. The Labute approximate surface area is 127 Å². The van der Waals surface area contributed by atoms with Crippen LogP contribution >= 0.6 is 23.4 Å². The first kappa shape index (κ1) is 13.6. The van der Waals surface area contributed by atoms with Gasteiger partial charge in [-0.25, -0.2) is 0 Å². The molecular weight excluding hydrogens is 288 g/mol. The first-order valence-corrected chi connectivity index (χ1v) is 7.70. The van der Waals surface area contributed by atoms with Crippen LogP contribution in [0.1, 0.15) is 5.56 Å². The van der Waals surface area contributed by atoms with Crippen LogP contribution in [-0.2, 0) is 6.42 Å². The third-order valence-electron chi connectivity index (χ3n) is 3.15. The average Bonchev–Trinajstić information content (AvgIpc) is 2.84. The van der Waals surface area contributed by atoms with Crippen molar-refractivity contribution < 1.29 is 0 Å². The number of para-hydroxylation sites is 1. The molecule has 0 radical (unpaired) electrons. The second-order valence-electron chi connectivity index (χ2n) is 4.63. The molecule has 0 unspecified atom stereocenters. The first-order chi connectivity index (χ1) is 9.76. The van der Waals surface area contributed by atoms with Gasteiger partial charge in [0, 0.05) is 15.8 Å². The molecule has 0 aliphatic rings. The number of fused-ring (bicyclic) bond motifs is 1. The highest BCUT2D eigenvalue weighted by molar-refractivity contribution is 7.99. The smallest absolute Gasteiger partial charge is 0.0781 e. The Morgan fingerprint density at radius 1 is 1.10 bits per heavy atom. The molecule has 0 aliphatic heterocycles. The van der Waals surface area contributed by atoms with Crippen molar-refractivity contribution in [2.75, 3.05) is 6.54 Å². The van der Waals surface area contributed by atoms with Gasteiger partial charge in [-0.1, -0.05) is 47.6 Å². The van der Waals surface area contributed by atoms with Crippen molar-refractivity contribution in [3.05, 3.63) is 59.1 Å². The van der Waals surface area contributed by atoms with Gasteiger partial charge in [0.1, 0.15) is 0 Å². The van der Waals surface area contributed by atoms with Crippen LogP contribution in [0.4, 0.5) is 0 Å². The number of aromatic nitrogens is 1. The normalized spacial score (nSPS) is 11.1. The molecule has 2 nitrogen and oxygen atoms in total. The number of aromatic amines is 1. The average molecular weight is 303 g/mol. The van der Waals surface area contributed by atoms with Gasteiger partial charge < -0.3 is 10.7 Å². The topological polar surface area (TPSA) is 41.8 Å². The molecule has 3 aromatic rings. The maximum atomic E-state index is 6.34. The van der Waals surface area contributed by atoms with Gasteiger partial charge in [0.05, 0.1) is 10.0 Å². The second kappa shape index (κ2) is 5.92. The van der Waals surface area contributed by atoms with E-state index < -0.39 is 0 Å². The summed E-state index contributed by atoms with van der Waals surface area (Å²) in [6, 6.07) is 16.5. The molecule has 0 saturated heterocycles. The molecule has 1 heterocycles. The number of halogens is 1. The highest BCUT2D eigenvalue weighted by Crippen LogP contribution is 2.34. The molecule has 0 fully saturated rings. The lowest BCUT2D eigenvalue weighted by Crippen LogP contribution is -2.02. The Bertz CT molecular complexity index is 703. The highest BCUT2D eigenvalue weighted by Gasteiger charge is 2.06. The van der Waals surface area contributed by atoms with Gasteiger partial charge in [0.2, 0.25) is 0 Å². The summed E-state index contributed by atoms with van der Waals surface area (Å²) in [5, 5.41) is 3.09. The second-order valence-corrected chi connectivity index (χ2v) is 6.12. The lowest BCUT2D eigenvalue weighted by Gasteiger charge is -2.05. The lowest BCUT2D eigenvalue weighted by molar-refractivity contribution is 0.966. The fourth-order valence-electron chi connectivity index (χ4n) is 2.17. The van der Waals surface area contributed by atoms with Crippen LogP contribution in [0.15, 0.2) is 58.5 Å². The minimum absolute atomic E-state index is 0.644. The zero-order valence-corrected chi connectivity index (χ0v) is 12.5. The van der Waals surface area contributed by atoms with E-state index in [9.17, 15) is 0 Å². The molecule has 2 aromatic carbocycles. The number of benzene rings is 2. The summed E-state index contributed by atoms with van der Waals surface area (Å²) < 4.78 is 0. The fraction of sp³-hybridized carbons (Fsp3) is 0.125. The van der Waals surface area contributed by atoms with Gasteiger partial charge in [-0.05, 0) is 42.8 Å². The van der Waals surface area contributed by atoms with Crippen molar-refractivity contribution in [2.45, 2.75) is 16.3 Å². The predicted octanol–water partition coefficient (Wildman–Crippen LogP) is 4.47. The number of rotatable bonds is 4.